The fourth-order valence-corrected chi connectivity index (χ4v) is 4.57. The maximum Gasteiger partial charge on any atom is 0.295 e. The number of fused-ring (bicyclic) bond motifs is 1. The van der Waals surface area contributed by atoms with Crippen LogP contribution >= 0.6 is 0 Å². The van der Waals surface area contributed by atoms with Gasteiger partial charge in [-0.1, -0.05) is 48.5 Å². The van der Waals surface area contributed by atoms with E-state index < -0.39 is 23.5 Å². The van der Waals surface area contributed by atoms with Gasteiger partial charge in [0.15, 0.2) is 0 Å². The molecule has 0 unspecified atom stereocenters. The van der Waals surface area contributed by atoms with E-state index in [0.717, 1.165) is 16.9 Å². The lowest BCUT2D eigenvalue weighted by molar-refractivity contribution is -0.140. The summed E-state index contributed by atoms with van der Waals surface area (Å²) in [5.74, 6) is -1.74. The first-order valence-corrected chi connectivity index (χ1v) is 10.8. The summed E-state index contributed by atoms with van der Waals surface area (Å²) in [5.41, 5.74) is 2.14. The summed E-state index contributed by atoms with van der Waals surface area (Å²) in [6, 6.07) is 19.3. The maximum absolute atomic E-state index is 14.9. The van der Waals surface area contributed by atoms with Gasteiger partial charge in [-0.2, -0.15) is 0 Å². The van der Waals surface area contributed by atoms with E-state index in [0.29, 0.717) is 12.0 Å². The van der Waals surface area contributed by atoms with E-state index >= 15 is 0 Å². The summed E-state index contributed by atoms with van der Waals surface area (Å²) in [5, 5.41) is 11.2. The zero-order valence-electron chi connectivity index (χ0n) is 18.0. The predicted octanol–water partition coefficient (Wildman–Crippen LogP) is 4.77. The van der Waals surface area contributed by atoms with Crippen LogP contribution in [0, 0.1) is 5.82 Å². The number of benzene rings is 3. The number of ether oxygens (including phenoxy) is 1. The van der Waals surface area contributed by atoms with E-state index in [1.165, 1.54) is 17.0 Å². The number of halogens is 1. The van der Waals surface area contributed by atoms with Gasteiger partial charge in [-0.3, -0.25) is 9.59 Å². The Morgan fingerprint density at radius 2 is 1.79 bits per heavy atom. The number of carbonyl (C=O) groups excluding carboxylic acids is 2. The molecule has 6 heteroatoms. The molecule has 0 spiro atoms. The number of ketones is 1. The van der Waals surface area contributed by atoms with Crippen molar-refractivity contribution in [1.29, 1.82) is 0 Å². The minimum Gasteiger partial charge on any atom is -0.507 e. The molecule has 1 N–H and O–H groups in total. The molecule has 1 saturated heterocycles. The van der Waals surface area contributed by atoms with Gasteiger partial charge in [-0.05, 0) is 42.3 Å². The highest BCUT2D eigenvalue weighted by Crippen LogP contribution is 2.42. The van der Waals surface area contributed by atoms with Gasteiger partial charge in [0.2, 0.25) is 0 Å². The zero-order chi connectivity index (χ0) is 23.1. The van der Waals surface area contributed by atoms with Crippen molar-refractivity contribution in [2.24, 2.45) is 0 Å². The first kappa shape index (κ1) is 20.9. The smallest absolute Gasteiger partial charge is 0.295 e. The van der Waals surface area contributed by atoms with Gasteiger partial charge in [0.1, 0.15) is 23.4 Å². The summed E-state index contributed by atoms with van der Waals surface area (Å²) in [4.78, 5) is 27.5. The van der Waals surface area contributed by atoms with E-state index in [4.69, 9.17) is 4.74 Å². The van der Waals surface area contributed by atoms with Crippen molar-refractivity contribution in [2.75, 3.05) is 0 Å². The molecule has 2 aliphatic rings. The van der Waals surface area contributed by atoms with Gasteiger partial charge in [-0.15, -0.1) is 0 Å². The van der Waals surface area contributed by atoms with Crippen molar-refractivity contribution in [3.8, 4) is 5.75 Å². The number of rotatable bonds is 4. The molecule has 0 saturated carbocycles. The number of Topliss-reactive ketones (excluding diaryl/α,β-unsaturated/α-hetero) is 1. The fourth-order valence-electron chi connectivity index (χ4n) is 4.57. The molecule has 33 heavy (non-hydrogen) atoms. The van der Waals surface area contributed by atoms with Crippen LogP contribution in [0.2, 0.25) is 0 Å². The topological polar surface area (TPSA) is 66.8 Å². The summed E-state index contributed by atoms with van der Waals surface area (Å²) < 4.78 is 20.6. The summed E-state index contributed by atoms with van der Waals surface area (Å²) in [7, 11) is 0. The lowest BCUT2D eigenvalue weighted by atomic mass is 9.94. The van der Waals surface area contributed by atoms with Crippen LogP contribution in [-0.2, 0) is 22.6 Å². The molecular formula is C27H22FNO4. The highest BCUT2D eigenvalue weighted by molar-refractivity contribution is 6.46. The van der Waals surface area contributed by atoms with Gasteiger partial charge in [0.25, 0.3) is 11.7 Å². The number of likely N-dealkylation sites (tertiary alicyclic amines) is 1. The van der Waals surface area contributed by atoms with Crippen LogP contribution in [0.5, 0.6) is 5.75 Å². The molecule has 0 radical (unpaired) electrons. The Balaban J connectivity index is 1.65. The van der Waals surface area contributed by atoms with Crippen LogP contribution in [0.25, 0.3) is 5.76 Å². The fraction of sp³-hybridized carbons (Fsp3) is 0.185. The molecule has 0 aromatic heterocycles. The Morgan fingerprint density at radius 3 is 2.55 bits per heavy atom. The van der Waals surface area contributed by atoms with Crippen LogP contribution in [0.3, 0.4) is 0 Å². The van der Waals surface area contributed by atoms with E-state index in [-0.39, 0.29) is 29.5 Å². The standard InChI is InChI=1S/C27H22FNO4/c1-16-13-19-14-18(11-12-22(19)33-16)25(30)23-24(20-9-5-6-10-21(20)28)29(27(32)26(23)31)15-17-7-3-2-4-8-17/h2-12,14,16,24,30H,13,15H2,1H3/b25-23+/t16-,24-/m0/s1. The Morgan fingerprint density at radius 1 is 1.06 bits per heavy atom. The third-order valence-corrected chi connectivity index (χ3v) is 6.10. The average molecular weight is 443 g/mol. The Labute approximate surface area is 190 Å². The Hall–Kier alpha value is -3.93. The number of carbonyl (C=O) groups is 2. The van der Waals surface area contributed by atoms with Crippen molar-refractivity contribution in [1.82, 2.24) is 4.90 Å². The molecule has 3 aromatic carbocycles. The molecule has 5 nitrogen and oxygen atoms in total. The molecule has 2 atom stereocenters. The number of nitrogens with zero attached hydrogens (tertiary/aromatic N) is 1. The molecule has 2 heterocycles. The molecular weight excluding hydrogens is 421 g/mol. The van der Waals surface area contributed by atoms with E-state index in [2.05, 4.69) is 0 Å². The monoisotopic (exact) mass is 443 g/mol. The molecule has 166 valence electrons. The minimum atomic E-state index is -1.05. The van der Waals surface area contributed by atoms with Crippen molar-refractivity contribution >= 4 is 17.4 Å². The van der Waals surface area contributed by atoms with Crippen molar-refractivity contribution in [2.45, 2.75) is 32.0 Å². The predicted molar refractivity (Wildman–Crippen MR) is 121 cm³/mol. The van der Waals surface area contributed by atoms with Gasteiger partial charge < -0.3 is 14.7 Å². The van der Waals surface area contributed by atoms with Gasteiger partial charge in [-0.25, -0.2) is 4.39 Å². The zero-order valence-corrected chi connectivity index (χ0v) is 18.0. The third-order valence-electron chi connectivity index (χ3n) is 6.10. The Kier molecular flexibility index (Phi) is 5.21. The van der Waals surface area contributed by atoms with E-state index in [1.54, 1.807) is 30.3 Å². The molecule has 0 bridgehead atoms. The molecule has 3 aromatic rings. The molecule has 0 aliphatic carbocycles. The SMILES string of the molecule is C[C@H]1Cc2cc(/C(O)=C3\C(=O)C(=O)N(Cc4ccccc4)[C@H]3c3ccccc3F)ccc2O1. The maximum atomic E-state index is 14.9. The van der Waals surface area contributed by atoms with Gasteiger partial charge in [0.05, 0.1) is 11.6 Å². The van der Waals surface area contributed by atoms with Crippen LogP contribution in [0.15, 0.2) is 78.4 Å². The highest BCUT2D eigenvalue weighted by atomic mass is 19.1. The minimum absolute atomic E-state index is 0.0206. The second kappa shape index (κ2) is 8.20. The van der Waals surface area contributed by atoms with Crippen LogP contribution < -0.4 is 4.74 Å². The Bertz CT molecular complexity index is 1280. The van der Waals surface area contributed by atoms with Gasteiger partial charge in [0, 0.05) is 24.1 Å². The summed E-state index contributed by atoms with van der Waals surface area (Å²) in [6.45, 7) is 2.06. The van der Waals surface area contributed by atoms with Crippen LogP contribution in [0.1, 0.15) is 35.2 Å². The van der Waals surface area contributed by atoms with Crippen LogP contribution in [0.4, 0.5) is 4.39 Å². The number of hydrogen-bond acceptors (Lipinski definition) is 4. The number of aliphatic hydroxyl groups excluding tert-OH is 1. The average Bonchev–Trinajstić information content (AvgIpc) is 3.31. The van der Waals surface area contributed by atoms with Crippen LogP contribution in [-0.4, -0.2) is 27.8 Å². The number of hydrogen-bond donors (Lipinski definition) is 1. The lowest BCUT2D eigenvalue weighted by Crippen LogP contribution is -2.29. The molecule has 1 amide bonds. The summed E-state index contributed by atoms with van der Waals surface area (Å²) >= 11 is 0. The van der Waals surface area contributed by atoms with Crippen molar-refractivity contribution in [3.63, 3.8) is 0 Å². The summed E-state index contributed by atoms with van der Waals surface area (Å²) in [6.07, 6.45) is 0.697. The molecule has 5 rings (SSSR count). The van der Waals surface area contributed by atoms with Crippen molar-refractivity contribution in [3.05, 3.63) is 106 Å². The first-order chi connectivity index (χ1) is 15.9. The number of amides is 1. The largest absolute Gasteiger partial charge is 0.507 e. The second-order valence-electron chi connectivity index (χ2n) is 8.39. The van der Waals surface area contributed by atoms with E-state index in [1.807, 2.05) is 37.3 Å². The highest BCUT2D eigenvalue weighted by Gasteiger charge is 2.47. The van der Waals surface area contributed by atoms with E-state index in [9.17, 15) is 19.1 Å². The normalized spacial score (nSPS) is 21.2. The lowest BCUT2D eigenvalue weighted by Gasteiger charge is -2.25. The number of aliphatic hydroxyl groups is 1. The quantitative estimate of drug-likeness (QED) is 0.358. The third kappa shape index (κ3) is 3.67. The molecule has 2 aliphatic heterocycles. The van der Waals surface area contributed by atoms with Gasteiger partial charge >= 0.3 is 0 Å². The van der Waals surface area contributed by atoms with Crippen molar-refractivity contribution < 1.29 is 23.8 Å². The second-order valence-corrected chi connectivity index (χ2v) is 8.39. The first-order valence-electron chi connectivity index (χ1n) is 10.8. The molecule has 1 fully saturated rings.